The number of likely N-dealkylation sites (tertiary alicyclic amines) is 1. The summed E-state index contributed by atoms with van der Waals surface area (Å²) in [6, 6.07) is 8.80. The molecule has 2 aliphatic rings. The summed E-state index contributed by atoms with van der Waals surface area (Å²) >= 11 is 6.08. The van der Waals surface area contributed by atoms with Crippen LogP contribution in [0.3, 0.4) is 0 Å². The first-order chi connectivity index (χ1) is 13.3. The number of hydrogen-bond donors (Lipinski definition) is 0. The molecule has 2 unspecified atom stereocenters. The smallest absolute Gasteiger partial charge is 0.390 e. The summed E-state index contributed by atoms with van der Waals surface area (Å²) in [7, 11) is 0. The SMILES string of the molecule is O=C(c1ccccc1C(F)(F)F)N1CC2ON=C(c3c(F)cccc3Cl)C2C1. The zero-order chi connectivity index (χ0) is 20.1. The molecule has 0 aromatic heterocycles. The number of carbonyl (C=O) groups is 1. The first-order valence-corrected chi connectivity index (χ1v) is 8.78. The van der Waals surface area contributed by atoms with Gasteiger partial charge in [0.1, 0.15) is 11.5 Å². The summed E-state index contributed by atoms with van der Waals surface area (Å²) in [5.41, 5.74) is -1.09. The van der Waals surface area contributed by atoms with Gasteiger partial charge in [-0.3, -0.25) is 4.79 Å². The van der Waals surface area contributed by atoms with Crippen LogP contribution >= 0.6 is 11.6 Å². The standard InChI is InChI=1S/C19H13ClF4N2O2/c20-13-6-3-7-14(21)16(13)17-11-8-26(9-15(11)28-25-17)18(27)10-4-1-2-5-12(10)19(22,23)24/h1-7,11,15H,8-9H2. The predicted octanol–water partition coefficient (Wildman–Crippen LogP) is 4.37. The van der Waals surface area contributed by atoms with E-state index in [1.165, 1.54) is 35.2 Å². The average molecular weight is 413 g/mol. The number of nitrogens with zero attached hydrogens (tertiary/aromatic N) is 2. The number of oxime groups is 1. The second-order valence-electron chi connectivity index (χ2n) is 6.58. The van der Waals surface area contributed by atoms with Crippen LogP contribution in [0.1, 0.15) is 21.5 Å². The van der Waals surface area contributed by atoms with Gasteiger partial charge in [0, 0.05) is 6.54 Å². The molecule has 9 heteroatoms. The Labute approximate surface area is 162 Å². The predicted molar refractivity (Wildman–Crippen MR) is 93.7 cm³/mol. The normalized spacial score (nSPS) is 21.3. The Morgan fingerprint density at radius 3 is 2.61 bits per heavy atom. The molecule has 0 radical (unpaired) electrons. The quantitative estimate of drug-likeness (QED) is 0.687. The largest absolute Gasteiger partial charge is 0.417 e. The third kappa shape index (κ3) is 3.11. The maximum atomic E-state index is 14.2. The maximum Gasteiger partial charge on any atom is 0.417 e. The minimum absolute atomic E-state index is 0.0504. The van der Waals surface area contributed by atoms with Crippen molar-refractivity contribution < 1.29 is 27.2 Å². The third-order valence-corrected chi connectivity index (χ3v) is 5.19. The van der Waals surface area contributed by atoms with Crippen molar-refractivity contribution in [3.05, 3.63) is 70.0 Å². The summed E-state index contributed by atoms with van der Waals surface area (Å²) in [6.45, 7) is 0.105. The van der Waals surface area contributed by atoms with Gasteiger partial charge in [0.15, 0.2) is 6.10 Å². The van der Waals surface area contributed by atoms with Gasteiger partial charge in [0.2, 0.25) is 0 Å². The number of fused-ring (bicyclic) bond motifs is 1. The molecule has 2 atom stereocenters. The van der Waals surface area contributed by atoms with Crippen LogP contribution in [0.15, 0.2) is 47.6 Å². The van der Waals surface area contributed by atoms with E-state index in [1.54, 1.807) is 0 Å². The Morgan fingerprint density at radius 2 is 1.89 bits per heavy atom. The summed E-state index contributed by atoms with van der Waals surface area (Å²) in [5, 5.41) is 4.06. The number of halogens is 5. The average Bonchev–Trinajstić information content (AvgIpc) is 3.22. The number of rotatable bonds is 2. The monoisotopic (exact) mass is 412 g/mol. The lowest BCUT2D eigenvalue weighted by atomic mass is 9.94. The van der Waals surface area contributed by atoms with Crippen LogP contribution in [0.25, 0.3) is 0 Å². The van der Waals surface area contributed by atoms with Crippen molar-refractivity contribution in [1.29, 1.82) is 0 Å². The lowest BCUT2D eigenvalue weighted by Gasteiger charge is -2.20. The van der Waals surface area contributed by atoms with Gasteiger partial charge in [0.25, 0.3) is 5.91 Å². The van der Waals surface area contributed by atoms with Gasteiger partial charge >= 0.3 is 6.18 Å². The highest BCUT2D eigenvalue weighted by Gasteiger charge is 2.46. The van der Waals surface area contributed by atoms with E-state index < -0.39 is 41.0 Å². The van der Waals surface area contributed by atoms with Crippen LogP contribution < -0.4 is 0 Å². The van der Waals surface area contributed by atoms with Crippen molar-refractivity contribution in [2.24, 2.45) is 11.1 Å². The van der Waals surface area contributed by atoms with Gasteiger partial charge in [-0.05, 0) is 24.3 Å². The fraction of sp³-hybridized carbons (Fsp3) is 0.263. The van der Waals surface area contributed by atoms with Crippen molar-refractivity contribution in [1.82, 2.24) is 4.90 Å². The molecule has 0 bridgehead atoms. The first-order valence-electron chi connectivity index (χ1n) is 8.41. The van der Waals surface area contributed by atoms with Crippen LogP contribution in [-0.2, 0) is 11.0 Å². The summed E-state index contributed by atoms with van der Waals surface area (Å²) in [5.74, 6) is -1.82. The maximum absolute atomic E-state index is 14.2. The van der Waals surface area contributed by atoms with Gasteiger partial charge in [-0.25, -0.2) is 4.39 Å². The topological polar surface area (TPSA) is 41.9 Å². The van der Waals surface area contributed by atoms with Gasteiger partial charge in [0.05, 0.1) is 34.2 Å². The zero-order valence-electron chi connectivity index (χ0n) is 14.2. The molecule has 1 amide bonds. The second-order valence-corrected chi connectivity index (χ2v) is 6.98. The Kier molecular flexibility index (Phi) is 4.53. The Morgan fingerprint density at radius 1 is 1.14 bits per heavy atom. The van der Waals surface area contributed by atoms with Gasteiger partial charge < -0.3 is 9.74 Å². The lowest BCUT2D eigenvalue weighted by molar-refractivity contribution is -0.138. The van der Waals surface area contributed by atoms with Crippen LogP contribution in [0.5, 0.6) is 0 Å². The van der Waals surface area contributed by atoms with Crippen molar-refractivity contribution in [2.75, 3.05) is 13.1 Å². The van der Waals surface area contributed by atoms with E-state index in [0.29, 0.717) is 0 Å². The molecule has 2 aliphatic heterocycles. The van der Waals surface area contributed by atoms with Crippen molar-refractivity contribution >= 4 is 23.2 Å². The molecule has 2 aromatic carbocycles. The molecule has 0 saturated carbocycles. The highest BCUT2D eigenvalue weighted by Crippen LogP contribution is 2.36. The summed E-state index contributed by atoms with van der Waals surface area (Å²) in [6.07, 6.45) is -5.21. The molecule has 2 heterocycles. The molecular formula is C19H13ClF4N2O2. The number of benzene rings is 2. The lowest BCUT2D eigenvalue weighted by Crippen LogP contribution is -2.32. The molecular weight excluding hydrogens is 400 g/mol. The van der Waals surface area contributed by atoms with E-state index in [2.05, 4.69) is 5.16 Å². The van der Waals surface area contributed by atoms with Gasteiger partial charge in [-0.15, -0.1) is 0 Å². The molecule has 4 rings (SSSR count). The van der Waals surface area contributed by atoms with E-state index in [0.717, 1.165) is 12.1 Å². The third-order valence-electron chi connectivity index (χ3n) is 4.87. The molecule has 146 valence electrons. The van der Waals surface area contributed by atoms with E-state index in [1.807, 2.05) is 0 Å². The highest BCUT2D eigenvalue weighted by molar-refractivity contribution is 6.34. The second kappa shape index (κ2) is 6.77. The molecule has 4 nitrogen and oxygen atoms in total. The molecule has 0 spiro atoms. The van der Waals surface area contributed by atoms with E-state index in [-0.39, 0.29) is 29.4 Å². The van der Waals surface area contributed by atoms with Gasteiger partial charge in [-0.1, -0.05) is 35.0 Å². The van der Waals surface area contributed by atoms with Crippen LogP contribution in [0.4, 0.5) is 17.6 Å². The highest BCUT2D eigenvalue weighted by atomic mass is 35.5. The zero-order valence-corrected chi connectivity index (χ0v) is 15.0. The van der Waals surface area contributed by atoms with Crippen LogP contribution in [0, 0.1) is 11.7 Å². The number of hydrogen-bond acceptors (Lipinski definition) is 3. The van der Waals surface area contributed by atoms with E-state index in [4.69, 9.17) is 16.4 Å². The minimum atomic E-state index is -4.65. The number of carbonyl (C=O) groups excluding carboxylic acids is 1. The fourth-order valence-corrected chi connectivity index (χ4v) is 3.82. The molecule has 1 saturated heterocycles. The molecule has 2 aromatic rings. The number of alkyl halides is 3. The van der Waals surface area contributed by atoms with Crippen molar-refractivity contribution in [3.63, 3.8) is 0 Å². The summed E-state index contributed by atoms with van der Waals surface area (Å²) in [4.78, 5) is 19.3. The van der Waals surface area contributed by atoms with E-state index >= 15 is 0 Å². The van der Waals surface area contributed by atoms with Crippen molar-refractivity contribution in [3.8, 4) is 0 Å². The van der Waals surface area contributed by atoms with Crippen LogP contribution in [-0.4, -0.2) is 35.7 Å². The fourth-order valence-electron chi connectivity index (χ4n) is 3.56. The van der Waals surface area contributed by atoms with Crippen molar-refractivity contribution in [2.45, 2.75) is 12.3 Å². The van der Waals surface area contributed by atoms with Gasteiger partial charge in [-0.2, -0.15) is 13.2 Å². The van der Waals surface area contributed by atoms with E-state index in [9.17, 15) is 22.4 Å². The molecule has 28 heavy (non-hydrogen) atoms. The number of amides is 1. The summed E-state index contributed by atoms with van der Waals surface area (Å²) < 4.78 is 53.9. The Balaban J connectivity index is 1.61. The Bertz CT molecular complexity index is 956. The minimum Gasteiger partial charge on any atom is -0.390 e. The molecule has 0 aliphatic carbocycles. The Hall–Kier alpha value is -2.61. The first kappa shape index (κ1) is 18.7. The van der Waals surface area contributed by atoms with Crippen LogP contribution in [0.2, 0.25) is 5.02 Å². The molecule has 1 fully saturated rings. The molecule has 0 N–H and O–H groups in total.